The molecule has 1 aliphatic heterocycles. The highest BCUT2D eigenvalue weighted by atomic mass is 32.1. The highest BCUT2D eigenvalue weighted by Gasteiger charge is 2.31. The van der Waals surface area contributed by atoms with Crippen LogP contribution >= 0.6 is 11.3 Å². The number of carbonyl (C=O) groups is 1. The van der Waals surface area contributed by atoms with E-state index >= 15 is 0 Å². The van der Waals surface area contributed by atoms with E-state index in [1.807, 2.05) is 35.6 Å². The summed E-state index contributed by atoms with van der Waals surface area (Å²) < 4.78 is 37.0. The molecule has 3 aromatic rings. The topological polar surface area (TPSA) is 58.1 Å². The van der Waals surface area contributed by atoms with Gasteiger partial charge in [-0.25, -0.2) is 9.97 Å². The first-order chi connectivity index (χ1) is 13.9. The number of nitrogens with one attached hydrogen (secondary N) is 1. The highest BCUT2D eigenvalue weighted by molar-refractivity contribution is 7.17. The molecular weight excluding hydrogens is 401 g/mol. The highest BCUT2D eigenvalue weighted by Crippen LogP contribution is 2.38. The monoisotopic (exact) mass is 420 g/mol. The van der Waals surface area contributed by atoms with Crippen LogP contribution in [0.15, 0.2) is 42.0 Å². The third-order valence-electron chi connectivity index (χ3n) is 5.06. The third kappa shape index (κ3) is 4.34. The van der Waals surface area contributed by atoms with E-state index < -0.39 is 24.5 Å². The predicted molar refractivity (Wildman–Crippen MR) is 107 cm³/mol. The number of piperidine rings is 1. The number of anilines is 1. The van der Waals surface area contributed by atoms with Crippen LogP contribution in [-0.2, 0) is 4.79 Å². The molecule has 2 aromatic heterocycles. The molecule has 152 valence electrons. The minimum absolute atomic E-state index is 0.415. The van der Waals surface area contributed by atoms with E-state index in [2.05, 4.69) is 20.2 Å². The van der Waals surface area contributed by atoms with Crippen LogP contribution in [0, 0.1) is 5.92 Å². The number of hydrogen-bond acceptors (Lipinski definition) is 5. The molecule has 0 bridgehead atoms. The van der Waals surface area contributed by atoms with E-state index in [1.165, 1.54) is 6.33 Å². The molecule has 0 aliphatic carbocycles. The van der Waals surface area contributed by atoms with Crippen LogP contribution in [-0.4, -0.2) is 41.7 Å². The number of alkyl halides is 3. The lowest BCUT2D eigenvalue weighted by Crippen LogP contribution is -2.43. The van der Waals surface area contributed by atoms with Crippen LogP contribution < -0.4 is 10.2 Å². The molecule has 1 amide bonds. The molecule has 1 fully saturated rings. The molecule has 0 saturated carbocycles. The molecule has 1 aliphatic rings. The Bertz CT molecular complexity index is 998. The standard InChI is InChI=1S/C20H19F3N4OS/c21-20(22,23)11-24-18(28)14-6-8-27(9-7-14)17-16-15(13-4-2-1-3-5-13)10-29-19(16)26-12-25-17/h1-5,10,12,14H,6-9,11H2,(H,24,28). The fraction of sp³-hybridized carbons (Fsp3) is 0.350. The molecule has 4 rings (SSSR count). The van der Waals surface area contributed by atoms with E-state index in [9.17, 15) is 18.0 Å². The van der Waals surface area contributed by atoms with Crippen molar-refractivity contribution in [3.63, 3.8) is 0 Å². The fourth-order valence-electron chi connectivity index (χ4n) is 3.61. The van der Waals surface area contributed by atoms with E-state index in [0.29, 0.717) is 25.9 Å². The Morgan fingerprint density at radius 1 is 1.17 bits per heavy atom. The summed E-state index contributed by atoms with van der Waals surface area (Å²) in [4.78, 5) is 23.9. The van der Waals surface area contributed by atoms with Crippen molar-refractivity contribution in [1.82, 2.24) is 15.3 Å². The number of fused-ring (bicyclic) bond motifs is 1. The lowest BCUT2D eigenvalue weighted by molar-refractivity contribution is -0.141. The maximum atomic E-state index is 12.3. The van der Waals surface area contributed by atoms with Gasteiger partial charge in [-0.05, 0) is 18.4 Å². The molecule has 1 N–H and O–H groups in total. The van der Waals surface area contributed by atoms with Crippen molar-refractivity contribution in [1.29, 1.82) is 0 Å². The smallest absolute Gasteiger partial charge is 0.356 e. The van der Waals surface area contributed by atoms with Gasteiger partial charge in [-0.3, -0.25) is 4.79 Å². The van der Waals surface area contributed by atoms with Gasteiger partial charge < -0.3 is 10.2 Å². The first kappa shape index (κ1) is 19.6. The summed E-state index contributed by atoms with van der Waals surface area (Å²) in [7, 11) is 0. The van der Waals surface area contributed by atoms with Crippen molar-refractivity contribution in [2.45, 2.75) is 19.0 Å². The van der Waals surface area contributed by atoms with Crippen molar-refractivity contribution < 1.29 is 18.0 Å². The van der Waals surface area contributed by atoms with Crippen LogP contribution in [0.3, 0.4) is 0 Å². The van der Waals surface area contributed by atoms with Crippen LogP contribution in [0.5, 0.6) is 0 Å². The number of rotatable bonds is 4. The van der Waals surface area contributed by atoms with Crippen molar-refractivity contribution in [3.05, 3.63) is 42.0 Å². The number of hydrogen-bond donors (Lipinski definition) is 1. The Balaban J connectivity index is 1.52. The average molecular weight is 420 g/mol. The Kier molecular flexibility index (Phi) is 5.40. The van der Waals surface area contributed by atoms with Crippen LogP contribution in [0.25, 0.3) is 21.3 Å². The zero-order chi connectivity index (χ0) is 20.4. The van der Waals surface area contributed by atoms with E-state index in [1.54, 1.807) is 11.3 Å². The summed E-state index contributed by atoms with van der Waals surface area (Å²) in [5.41, 5.74) is 2.14. The van der Waals surface area contributed by atoms with Gasteiger partial charge in [0.25, 0.3) is 0 Å². The van der Waals surface area contributed by atoms with Gasteiger partial charge >= 0.3 is 6.18 Å². The summed E-state index contributed by atoms with van der Waals surface area (Å²) in [6, 6.07) is 10.00. The molecule has 0 unspecified atom stereocenters. The largest absolute Gasteiger partial charge is 0.405 e. The minimum atomic E-state index is -4.39. The Labute approximate surface area is 169 Å². The van der Waals surface area contributed by atoms with Crippen molar-refractivity contribution >= 4 is 33.3 Å². The average Bonchev–Trinajstić information content (AvgIpc) is 3.16. The lowest BCUT2D eigenvalue weighted by Gasteiger charge is -2.32. The van der Waals surface area contributed by atoms with Gasteiger partial charge in [0.05, 0.1) is 5.39 Å². The number of carbonyl (C=O) groups excluding carboxylic acids is 1. The second kappa shape index (κ2) is 7.98. The zero-order valence-electron chi connectivity index (χ0n) is 15.4. The van der Waals surface area contributed by atoms with Crippen LogP contribution in [0.4, 0.5) is 19.0 Å². The van der Waals surface area contributed by atoms with E-state index in [-0.39, 0.29) is 0 Å². The predicted octanol–water partition coefficient (Wildman–Crippen LogP) is 4.25. The normalized spacial score (nSPS) is 15.6. The van der Waals surface area contributed by atoms with Gasteiger partial charge in [-0.15, -0.1) is 11.3 Å². The number of nitrogens with zero attached hydrogens (tertiary/aromatic N) is 3. The molecule has 0 radical (unpaired) electrons. The third-order valence-corrected chi connectivity index (χ3v) is 5.95. The van der Waals surface area contributed by atoms with Crippen LogP contribution in [0.1, 0.15) is 12.8 Å². The number of thiophene rings is 1. The molecule has 29 heavy (non-hydrogen) atoms. The molecule has 1 aromatic carbocycles. The first-order valence-electron chi connectivity index (χ1n) is 9.29. The van der Waals surface area contributed by atoms with Gasteiger partial charge in [0.1, 0.15) is 23.5 Å². The first-order valence-corrected chi connectivity index (χ1v) is 10.2. The summed E-state index contributed by atoms with van der Waals surface area (Å²) in [6.07, 6.45) is -1.89. The molecule has 5 nitrogen and oxygen atoms in total. The Morgan fingerprint density at radius 3 is 2.59 bits per heavy atom. The van der Waals surface area contributed by atoms with Gasteiger partial charge in [0.2, 0.25) is 5.91 Å². The quantitative estimate of drug-likeness (QED) is 0.686. The molecule has 0 atom stereocenters. The second-order valence-electron chi connectivity index (χ2n) is 6.99. The maximum absolute atomic E-state index is 12.3. The molecular formula is C20H19F3N4OS. The van der Waals surface area contributed by atoms with Gasteiger partial charge in [0.15, 0.2) is 0 Å². The molecule has 9 heteroatoms. The minimum Gasteiger partial charge on any atom is -0.356 e. The summed E-state index contributed by atoms with van der Waals surface area (Å²) in [6.45, 7) is -0.172. The summed E-state index contributed by atoms with van der Waals surface area (Å²) >= 11 is 1.55. The molecule has 3 heterocycles. The van der Waals surface area contributed by atoms with Crippen molar-refractivity contribution in [3.8, 4) is 11.1 Å². The fourth-order valence-corrected chi connectivity index (χ4v) is 4.52. The number of benzene rings is 1. The van der Waals surface area contributed by atoms with Gasteiger partial charge in [0, 0.05) is 30.0 Å². The van der Waals surface area contributed by atoms with E-state index in [4.69, 9.17) is 0 Å². The molecule has 0 spiro atoms. The summed E-state index contributed by atoms with van der Waals surface area (Å²) in [5.74, 6) is -0.137. The molecule has 1 saturated heterocycles. The zero-order valence-corrected chi connectivity index (χ0v) is 16.3. The van der Waals surface area contributed by atoms with Crippen molar-refractivity contribution in [2.24, 2.45) is 5.92 Å². The van der Waals surface area contributed by atoms with Gasteiger partial charge in [-0.2, -0.15) is 13.2 Å². The number of amides is 1. The summed E-state index contributed by atoms with van der Waals surface area (Å²) in [5, 5.41) is 5.04. The maximum Gasteiger partial charge on any atom is 0.405 e. The number of aromatic nitrogens is 2. The van der Waals surface area contributed by atoms with Gasteiger partial charge in [-0.1, -0.05) is 30.3 Å². The van der Waals surface area contributed by atoms with Crippen molar-refractivity contribution in [2.75, 3.05) is 24.5 Å². The Hall–Kier alpha value is -2.68. The second-order valence-corrected chi connectivity index (χ2v) is 7.85. The number of halogens is 3. The van der Waals surface area contributed by atoms with E-state index in [0.717, 1.165) is 27.2 Å². The Morgan fingerprint density at radius 2 is 1.90 bits per heavy atom. The van der Waals surface area contributed by atoms with Crippen LogP contribution in [0.2, 0.25) is 0 Å². The SMILES string of the molecule is O=C(NCC(F)(F)F)C1CCN(c2ncnc3scc(-c4ccccc4)c23)CC1. The lowest BCUT2D eigenvalue weighted by atomic mass is 9.95.